The smallest absolute Gasteiger partial charge is 0.138 e. The lowest BCUT2D eigenvalue weighted by atomic mass is 9.87. The van der Waals surface area contributed by atoms with E-state index in [4.69, 9.17) is 4.74 Å². The van der Waals surface area contributed by atoms with E-state index in [9.17, 15) is 5.11 Å². The van der Waals surface area contributed by atoms with E-state index >= 15 is 0 Å². The Kier molecular flexibility index (Phi) is 8.28. The summed E-state index contributed by atoms with van der Waals surface area (Å²) in [6.07, 6.45) is 0.951. The molecule has 0 aromatic heterocycles. The van der Waals surface area contributed by atoms with Crippen molar-refractivity contribution in [1.82, 2.24) is 4.90 Å². The number of ether oxygens (including phenoxy) is 1. The van der Waals surface area contributed by atoms with Crippen molar-refractivity contribution >= 4 is 12.4 Å². The molecule has 3 nitrogen and oxygen atoms in total. The number of hydrogen-bond donors (Lipinski definition) is 1. The number of hydrogen-bond acceptors (Lipinski definition) is 3. The van der Waals surface area contributed by atoms with Crippen LogP contribution in [0, 0.1) is 0 Å². The summed E-state index contributed by atoms with van der Waals surface area (Å²) in [7, 11) is 4.09. The first kappa shape index (κ1) is 19.7. The third-order valence-electron chi connectivity index (χ3n) is 3.71. The van der Waals surface area contributed by atoms with Gasteiger partial charge in [0.2, 0.25) is 0 Å². The molecule has 0 aliphatic rings. The highest BCUT2D eigenvalue weighted by atomic mass is 35.5. The van der Waals surface area contributed by atoms with Crippen molar-refractivity contribution in [2.24, 2.45) is 0 Å². The fourth-order valence-corrected chi connectivity index (χ4v) is 2.46. The fourth-order valence-electron chi connectivity index (χ4n) is 2.46. The minimum absolute atomic E-state index is 0. The average molecular weight is 336 g/mol. The normalized spacial score (nSPS) is 11.3. The zero-order chi connectivity index (χ0) is 15.8. The van der Waals surface area contributed by atoms with E-state index in [2.05, 4.69) is 4.90 Å². The minimum atomic E-state index is -1.11. The van der Waals surface area contributed by atoms with E-state index in [1.165, 1.54) is 0 Å². The highest BCUT2D eigenvalue weighted by Crippen LogP contribution is 2.29. The molecule has 2 aromatic rings. The van der Waals surface area contributed by atoms with E-state index in [-0.39, 0.29) is 19.0 Å². The van der Waals surface area contributed by atoms with Gasteiger partial charge in [-0.05, 0) is 38.2 Å². The lowest BCUT2D eigenvalue weighted by molar-refractivity contribution is -0.0234. The Bertz CT molecular complexity index is 506. The average Bonchev–Trinajstić information content (AvgIpc) is 2.55. The van der Waals surface area contributed by atoms with Gasteiger partial charge in [0.15, 0.2) is 0 Å². The molecule has 0 radical (unpaired) electrons. The second-order valence-electron chi connectivity index (χ2n) is 5.80. The Morgan fingerprint density at radius 3 is 1.83 bits per heavy atom. The molecule has 4 heteroatoms. The van der Waals surface area contributed by atoms with E-state index in [1.807, 2.05) is 74.8 Å². The molecule has 0 spiro atoms. The van der Waals surface area contributed by atoms with E-state index in [0.717, 1.165) is 24.1 Å². The standard InChI is InChI=1S/C19H25NO2.ClH/c1-20(2)14-9-15-22-16-19(21,17-10-5-3-6-11-17)18-12-7-4-8-13-18;/h3-8,10-13,21H,9,14-16H2,1-2H3;1H. The summed E-state index contributed by atoms with van der Waals surface area (Å²) < 4.78 is 5.78. The van der Waals surface area contributed by atoms with Crippen molar-refractivity contribution in [3.63, 3.8) is 0 Å². The van der Waals surface area contributed by atoms with Crippen molar-refractivity contribution in [3.8, 4) is 0 Å². The van der Waals surface area contributed by atoms with E-state index in [1.54, 1.807) is 0 Å². The Labute approximate surface area is 145 Å². The van der Waals surface area contributed by atoms with Crippen LogP contribution in [0.25, 0.3) is 0 Å². The molecular weight excluding hydrogens is 310 g/mol. The van der Waals surface area contributed by atoms with Gasteiger partial charge in [0.1, 0.15) is 5.60 Å². The number of benzene rings is 2. The van der Waals surface area contributed by atoms with Crippen LogP contribution in [-0.4, -0.2) is 43.9 Å². The molecule has 0 unspecified atom stereocenters. The zero-order valence-electron chi connectivity index (χ0n) is 13.8. The zero-order valence-corrected chi connectivity index (χ0v) is 14.6. The van der Waals surface area contributed by atoms with Crippen LogP contribution in [0.2, 0.25) is 0 Å². The summed E-state index contributed by atoms with van der Waals surface area (Å²) in [5.74, 6) is 0. The molecule has 0 fully saturated rings. The SMILES string of the molecule is CN(C)CCCOCC(O)(c1ccccc1)c1ccccc1.Cl. The lowest BCUT2D eigenvalue weighted by Gasteiger charge is -2.29. The second-order valence-corrected chi connectivity index (χ2v) is 5.80. The van der Waals surface area contributed by atoms with Gasteiger partial charge < -0.3 is 14.7 Å². The summed E-state index contributed by atoms with van der Waals surface area (Å²) >= 11 is 0. The predicted molar refractivity (Wildman–Crippen MR) is 97.1 cm³/mol. The molecule has 2 rings (SSSR count). The molecule has 23 heavy (non-hydrogen) atoms. The highest BCUT2D eigenvalue weighted by molar-refractivity contribution is 5.85. The van der Waals surface area contributed by atoms with Gasteiger partial charge in [0, 0.05) is 6.61 Å². The van der Waals surface area contributed by atoms with Crippen molar-refractivity contribution < 1.29 is 9.84 Å². The maximum atomic E-state index is 11.2. The lowest BCUT2D eigenvalue weighted by Crippen LogP contribution is -2.33. The third kappa shape index (κ3) is 5.63. The van der Waals surface area contributed by atoms with Gasteiger partial charge in [0.05, 0.1) is 6.61 Å². The topological polar surface area (TPSA) is 32.7 Å². The van der Waals surface area contributed by atoms with Crippen LogP contribution in [0.15, 0.2) is 60.7 Å². The molecule has 0 saturated heterocycles. The van der Waals surface area contributed by atoms with Crippen LogP contribution in [0.4, 0.5) is 0 Å². The minimum Gasteiger partial charge on any atom is -0.378 e. The first-order valence-electron chi connectivity index (χ1n) is 7.69. The first-order chi connectivity index (χ1) is 10.6. The first-order valence-corrected chi connectivity index (χ1v) is 7.69. The highest BCUT2D eigenvalue weighted by Gasteiger charge is 2.31. The summed E-state index contributed by atoms with van der Waals surface area (Å²) in [4.78, 5) is 2.13. The van der Waals surface area contributed by atoms with Gasteiger partial charge in [0.25, 0.3) is 0 Å². The number of nitrogens with zero attached hydrogens (tertiary/aromatic N) is 1. The summed E-state index contributed by atoms with van der Waals surface area (Å²) in [5, 5.41) is 11.2. The van der Waals surface area contributed by atoms with Crippen molar-refractivity contribution in [2.45, 2.75) is 12.0 Å². The fraction of sp³-hybridized carbons (Fsp3) is 0.368. The summed E-state index contributed by atoms with van der Waals surface area (Å²) in [6.45, 7) is 1.88. The Hall–Kier alpha value is -1.39. The largest absolute Gasteiger partial charge is 0.378 e. The van der Waals surface area contributed by atoms with Crippen LogP contribution in [0.5, 0.6) is 0 Å². The molecule has 1 N–H and O–H groups in total. The maximum Gasteiger partial charge on any atom is 0.138 e. The molecule has 0 atom stereocenters. The maximum absolute atomic E-state index is 11.2. The number of aliphatic hydroxyl groups is 1. The van der Waals surface area contributed by atoms with Gasteiger partial charge in [-0.3, -0.25) is 0 Å². The molecule has 126 valence electrons. The van der Waals surface area contributed by atoms with Gasteiger partial charge >= 0.3 is 0 Å². The van der Waals surface area contributed by atoms with Crippen LogP contribution < -0.4 is 0 Å². The molecule has 0 saturated carbocycles. The van der Waals surface area contributed by atoms with Crippen LogP contribution >= 0.6 is 12.4 Å². The molecule has 0 bridgehead atoms. The Morgan fingerprint density at radius 2 is 1.39 bits per heavy atom. The van der Waals surface area contributed by atoms with Crippen molar-refractivity contribution in [1.29, 1.82) is 0 Å². The number of halogens is 1. The van der Waals surface area contributed by atoms with E-state index in [0.29, 0.717) is 6.61 Å². The Morgan fingerprint density at radius 1 is 0.913 bits per heavy atom. The predicted octanol–water partition coefficient (Wildman–Crippen LogP) is 3.31. The summed E-state index contributed by atoms with van der Waals surface area (Å²) in [6, 6.07) is 19.4. The third-order valence-corrected chi connectivity index (χ3v) is 3.71. The van der Waals surface area contributed by atoms with Gasteiger partial charge in [-0.15, -0.1) is 12.4 Å². The van der Waals surface area contributed by atoms with Crippen LogP contribution in [-0.2, 0) is 10.3 Å². The van der Waals surface area contributed by atoms with Crippen molar-refractivity contribution in [3.05, 3.63) is 71.8 Å². The van der Waals surface area contributed by atoms with E-state index < -0.39 is 5.60 Å². The van der Waals surface area contributed by atoms with Gasteiger partial charge in [-0.1, -0.05) is 60.7 Å². The van der Waals surface area contributed by atoms with Crippen LogP contribution in [0.1, 0.15) is 17.5 Å². The van der Waals surface area contributed by atoms with Gasteiger partial charge in [-0.25, -0.2) is 0 Å². The second kappa shape index (κ2) is 9.68. The van der Waals surface area contributed by atoms with Crippen LogP contribution in [0.3, 0.4) is 0 Å². The molecule has 0 amide bonds. The van der Waals surface area contributed by atoms with Gasteiger partial charge in [-0.2, -0.15) is 0 Å². The van der Waals surface area contributed by atoms with Crippen molar-refractivity contribution in [2.75, 3.05) is 33.9 Å². The Balaban J connectivity index is 0.00000264. The molecule has 0 heterocycles. The molecule has 2 aromatic carbocycles. The summed E-state index contributed by atoms with van der Waals surface area (Å²) in [5.41, 5.74) is 0.600. The quantitative estimate of drug-likeness (QED) is 0.751. The molecule has 0 aliphatic heterocycles. The molecular formula is C19H26ClNO2. The monoisotopic (exact) mass is 335 g/mol. The molecule has 0 aliphatic carbocycles. The number of rotatable bonds is 8.